The minimum absolute atomic E-state index is 0.197. The van der Waals surface area contributed by atoms with Gasteiger partial charge in [0.25, 0.3) is 5.91 Å². The largest absolute Gasteiger partial charge is 0.274 e. The van der Waals surface area contributed by atoms with E-state index in [1.807, 2.05) is 26.0 Å². The molecule has 2 aromatic carbocycles. The third-order valence-electron chi connectivity index (χ3n) is 7.45. The third kappa shape index (κ3) is 4.39. The number of hydrogen-bond acceptors (Lipinski definition) is 5. The first kappa shape index (κ1) is 25.1. The fourth-order valence-corrected chi connectivity index (χ4v) is 7.81. The first-order valence-corrected chi connectivity index (χ1v) is 13.5. The van der Waals surface area contributed by atoms with Crippen molar-refractivity contribution in [3.05, 3.63) is 58.1 Å². The van der Waals surface area contributed by atoms with Gasteiger partial charge in [-0.1, -0.05) is 25.3 Å². The number of carbonyl (C=O) groups excluding carboxylic acids is 2. The molecule has 0 bridgehead atoms. The van der Waals surface area contributed by atoms with Crippen LogP contribution in [0.3, 0.4) is 0 Å². The van der Waals surface area contributed by atoms with Crippen LogP contribution in [0.4, 0.5) is 5.69 Å². The summed E-state index contributed by atoms with van der Waals surface area (Å²) in [5.74, 6) is -0.969. The van der Waals surface area contributed by atoms with Crippen molar-refractivity contribution in [3.8, 4) is 6.07 Å². The number of imide groups is 1. The van der Waals surface area contributed by atoms with Crippen molar-refractivity contribution in [3.63, 3.8) is 0 Å². The zero-order valence-electron chi connectivity index (χ0n) is 20.7. The van der Waals surface area contributed by atoms with Crippen molar-refractivity contribution in [2.45, 2.75) is 83.2 Å². The van der Waals surface area contributed by atoms with Crippen LogP contribution >= 0.6 is 0 Å². The molecule has 8 heteroatoms. The highest BCUT2D eigenvalue weighted by Crippen LogP contribution is 2.37. The molecule has 1 saturated heterocycles. The highest BCUT2D eigenvalue weighted by molar-refractivity contribution is 7.89. The molecule has 7 nitrogen and oxygen atoms in total. The summed E-state index contributed by atoms with van der Waals surface area (Å²) in [5.41, 5.74) is 3.87. The zero-order valence-corrected chi connectivity index (χ0v) is 21.5. The van der Waals surface area contributed by atoms with E-state index in [0.29, 0.717) is 35.2 Å². The van der Waals surface area contributed by atoms with Crippen LogP contribution in [0.5, 0.6) is 0 Å². The molecule has 1 atom stereocenters. The molecule has 1 aliphatic carbocycles. The van der Waals surface area contributed by atoms with E-state index in [2.05, 4.69) is 0 Å². The molecule has 0 N–H and O–H groups in total. The van der Waals surface area contributed by atoms with Gasteiger partial charge in [0, 0.05) is 6.04 Å². The Morgan fingerprint density at radius 2 is 1.51 bits per heavy atom. The van der Waals surface area contributed by atoms with Crippen molar-refractivity contribution in [2.24, 2.45) is 0 Å². The van der Waals surface area contributed by atoms with Crippen LogP contribution < -0.4 is 4.90 Å². The van der Waals surface area contributed by atoms with Gasteiger partial charge in [0.05, 0.1) is 28.6 Å². The van der Waals surface area contributed by atoms with Crippen LogP contribution in [0.2, 0.25) is 0 Å². The lowest BCUT2D eigenvalue weighted by Crippen LogP contribution is -2.51. The normalized spacial score (nSPS) is 19.4. The average molecular weight is 494 g/mol. The number of anilines is 1. The standard InChI is InChI=1S/C27H31N3O4S/c1-17-14-18(2)20(4)26(19(17)3)35(33,34)30(23-8-6-5-7-9-23)24-15-25(31)29(27(24)32)22-12-10-21(16-28)11-13-22/h10-14,23-24H,5-9,15H2,1-4H3. The molecule has 2 amide bonds. The number of amides is 2. The van der Waals surface area contributed by atoms with E-state index in [9.17, 15) is 18.0 Å². The second-order valence-corrected chi connectivity index (χ2v) is 11.4. The fraction of sp³-hybridized carbons (Fsp3) is 0.444. The van der Waals surface area contributed by atoms with Gasteiger partial charge in [-0.05, 0) is 87.1 Å². The minimum atomic E-state index is -4.07. The summed E-state index contributed by atoms with van der Waals surface area (Å²) < 4.78 is 30.1. The summed E-state index contributed by atoms with van der Waals surface area (Å²) in [7, 11) is -4.07. The number of carbonyl (C=O) groups is 2. The van der Waals surface area contributed by atoms with Crippen molar-refractivity contribution in [1.82, 2.24) is 4.31 Å². The molecule has 4 rings (SSSR count). The van der Waals surface area contributed by atoms with Gasteiger partial charge in [-0.15, -0.1) is 0 Å². The van der Waals surface area contributed by atoms with E-state index in [4.69, 9.17) is 5.26 Å². The van der Waals surface area contributed by atoms with Gasteiger partial charge in [0.2, 0.25) is 15.9 Å². The lowest BCUT2D eigenvalue weighted by atomic mass is 9.94. The van der Waals surface area contributed by atoms with E-state index in [-0.39, 0.29) is 17.4 Å². The highest BCUT2D eigenvalue weighted by atomic mass is 32.2. The molecule has 0 aromatic heterocycles. The molecule has 1 aliphatic heterocycles. The third-order valence-corrected chi connectivity index (χ3v) is 9.69. The van der Waals surface area contributed by atoms with Crippen molar-refractivity contribution < 1.29 is 18.0 Å². The predicted octanol–water partition coefficient (Wildman–Crippen LogP) is 4.45. The Balaban J connectivity index is 1.82. The Bertz CT molecular complexity index is 1290. The maximum atomic E-state index is 14.4. The average Bonchev–Trinajstić information content (AvgIpc) is 3.11. The van der Waals surface area contributed by atoms with E-state index in [1.165, 1.54) is 4.31 Å². The van der Waals surface area contributed by atoms with Gasteiger partial charge < -0.3 is 0 Å². The number of sulfonamides is 1. The molecule has 184 valence electrons. The van der Waals surface area contributed by atoms with Crippen LogP contribution in [-0.4, -0.2) is 36.6 Å². The summed E-state index contributed by atoms with van der Waals surface area (Å²) >= 11 is 0. The summed E-state index contributed by atoms with van der Waals surface area (Å²) in [6.45, 7) is 7.39. The Hall–Kier alpha value is -3.02. The van der Waals surface area contributed by atoms with Crippen LogP contribution in [0, 0.1) is 39.0 Å². The Labute approximate surface area is 207 Å². The van der Waals surface area contributed by atoms with Gasteiger partial charge in [-0.25, -0.2) is 13.3 Å². The van der Waals surface area contributed by atoms with Gasteiger partial charge >= 0.3 is 0 Å². The second-order valence-electron chi connectivity index (χ2n) is 9.66. The summed E-state index contributed by atoms with van der Waals surface area (Å²) in [5, 5.41) is 9.07. The Morgan fingerprint density at radius 3 is 2.06 bits per heavy atom. The number of nitriles is 1. The van der Waals surface area contributed by atoms with Gasteiger partial charge in [0.1, 0.15) is 6.04 Å². The van der Waals surface area contributed by atoms with Gasteiger partial charge in [0.15, 0.2) is 0 Å². The van der Waals surface area contributed by atoms with Gasteiger partial charge in [-0.2, -0.15) is 9.57 Å². The lowest BCUT2D eigenvalue weighted by Gasteiger charge is -2.37. The van der Waals surface area contributed by atoms with E-state index < -0.39 is 27.9 Å². The summed E-state index contributed by atoms with van der Waals surface area (Å²) in [6, 6.07) is 8.75. The van der Waals surface area contributed by atoms with Crippen LogP contribution in [0.1, 0.15) is 66.3 Å². The molecule has 35 heavy (non-hydrogen) atoms. The van der Waals surface area contributed by atoms with Crippen LogP contribution in [-0.2, 0) is 19.6 Å². The van der Waals surface area contributed by atoms with Crippen molar-refractivity contribution >= 4 is 27.5 Å². The monoisotopic (exact) mass is 493 g/mol. The first-order chi connectivity index (χ1) is 16.6. The highest BCUT2D eigenvalue weighted by Gasteiger charge is 2.50. The lowest BCUT2D eigenvalue weighted by molar-refractivity contribution is -0.122. The Morgan fingerprint density at radius 1 is 0.943 bits per heavy atom. The molecule has 0 spiro atoms. The topological polar surface area (TPSA) is 98.6 Å². The fourth-order valence-electron chi connectivity index (χ4n) is 5.40. The molecule has 1 saturated carbocycles. The molecular weight excluding hydrogens is 462 g/mol. The zero-order chi connectivity index (χ0) is 25.5. The number of hydrogen-bond donors (Lipinski definition) is 0. The van der Waals surface area contributed by atoms with E-state index in [0.717, 1.165) is 35.3 Å². The molecular formula is C27H31N3O4S. The number of aryl methyl sites for hydroxylation is 2. The number of rotatable bonds is 5. The van der Waals surface area contributed by atoms with Gasteiger partial charge in [-0.3, -0.25) is 9.59 Å². The number of benzene rings is 2. The second kappa shape index (κ2) is 9.56. The summed E-state index contributed by atoms with van der Waals surface area (Å²) in [6.07, 6.45) is 3.93. The molecule has 2 aliphatic rings. The predicted molar refractivity (Wildman–Crippen MR) is 133 cm³/mol. The molecule has 0 radical (unpaired) electrons. The smallest absolute Gasteiger partial charge is 0.252 e. The van der Waals surface area contributed by atoms with E-state index in [1.54, 1.807) is 38.1 Å². The maximum Gasteiger partial charge on any atom is 0.252 e. The minimum Gasteiger partial charge on any atom is -0.274 e. The SMILES string of the molecule is Cc1cc(C)c(C)c(S(=O)(=O)N(C2CCCCC2)C2CC(=O)N(c3ccc(C#N)cc3)C2=O)c1C. The van der Waals surface area contributed by atoms with E-state index >= 15 is 0 Å². The molecule has 2 fully saturated rings. The first-order valence-electron chi connectivity index (χ1n) is 12.1. The molecule has 1 heterocycles. The summed E-state index contributed by atoms with van der Waals surface area (Å²) in [4.78, 5) is 28.0. The van der Waals surface area contributed by atoms with Crippen molar-refractivity contribution in [1.29, 1.82) is 5.26 Å². The Kier molecular flexibility index (Phi) is 6.85. The molecule has 1 unspecified atom stereocenters. The maximum absolute atomic E-state index is 14.4. The van der Waals surface area contributed by atoms with Crippen molar-refractivity contribution in [2.75, 3.05) is 4.90 Å². The van der Waals surface area contributed by atoms with Crippen LogP contribution in [0.25, 0.3) is 0 Å². The molecule has 2 aromatic rings. The van der Waals surface area contributed by atoms with Crippen LogP contribution in [0.15, 0.2) is 35.2 Å². The quantitative estimate of drug-likeness (QED) is 0.573. The number of nitrogens with zero attached hydrogens (tertiary/aromatic N) is 3.